The second-order valence-electron chi connectivity index (χ2n) is 6.24. The molecule has 0 aromatic rings. The Balaban J connectivity index is 1.55. The van der Waals surface area contributed by atoms with Crippen LogP contribution in [-0.2, 0) is 14.3 Å². The van der Waals surface area contributed by atoms with Gasteiger partial charge in [0.15, 0.2) is 0 Å². The Morgan fingerprint density at radius 1 is 1.20 bits per heavy atom. The van der Waals surface area contributed by atoms with E-state index in [0.717, 1.165) is 45.3 Å². The van der Waals surface area contributed by atoms with Crippen LogP contribution < -0.4 is 5.32 Å². The van der Waals surface area contributed by atoms with Gasteiger partial charge in [-0.2, -0.15) is 0 Å². The summed E-state index contributed by atoms with van der Waals surface area (Å²) < 4.78 is 5.72. The molecule has 0 bridgehead atoms. The Labute approximate surface area is 120 Å². The quantitative estimate of drug-likeness (QED) is 0.838. The predicted molar refractivity (Wildman–Crippen MR) is 74.1 cm³/mol. The minimum atomic E-state index is -0.266. The third kappa shape index (κ3) is 3.32. The molecular weight excluding hydrogens is 256 g/mol. The first-order valence-corrected chi connectivity index (χ1v) is 7.94. The number of carbonyl (C=O) groups is 2. The average molecular weight is 280 g/mol. The first-order valence-electron chi connectivity index (χ1n) is 7.94. The van der Waals surface area contributed by atoms with E-state index in [-0.39, 0.29) is 17.9 Å². The second kappa shape index (κ2) is 6.12. The number of rotatable bonds is 4. The van der Waals surface area contributed by atoms with Gasteiger partial charge < -0.3 is 15.0 Å². The van der Waals surface area contributed by atoms with Crippen LogP contribution in [0.3, 0.4) is 0 Å². The molecule has 1 aliphatic carbocycles. The number of hydrogen-bond donors (Lipinski definition) is 1. The molecule has 1 N–H and O–H groups in total. The Bertz CT molecular complexity index is 375. The summed E-state index contributed by atoms with van der Waals surface area (Å²) in [6.45, 7) is 2.13. The molecule has 0 aromatic heterocycles. The SMILES string of the molecule is O=C1CCN(CCC2CCCCO2)C(=O)C(C2CC2)N1. The van der Waals surface area contributed by atoms with Crippen LogP contribution in [0.1, 0.15) is 44.9 Å². The Morgan fingerprint density at radius 2 is 2.05 bits per heavy atom. The predicted octanol–water partition coefficient (Wildman–Crippen LogP) is 1.07. The van der Waals surface area contributed by atoms with Crippen molar-refractivity contribution in [2.24, 2.45) is 5.92 Å². The molecule has 3 fully saturated rings. The van der Waals surface area contributed by atoms with E-state index in [1.807, 2.05) is 4.90 Å². The fraction of sp³-hybridized carbons (Fsp3) is 0.867. The van der Waals surface area contributed by atoms with Crippen molar-refractivity contribution >= 4 is 11.8 Å². The van der Waals surface area contributed by atoms with Crippen LogP contribution in [0.25, 0.3) is 0 Å². The van der Waals surface area contributed by atoms with E-state index in [2.05, 4.69) is 5.32 Å². The number of hydrogen-bond acceptors (Lipinski definition) is 3. The number of carbonyl (C=O) groups excluding carboxylic acids is 2. The summed E-state index contributed by atoms with van der Waals surface area (Å²) in [6, 6.07) is -0.266. The zero-order chi connectivity index (χ0) is 13.9. The lowest BCUT2D eigenvalue weighted by Crippen LogP contribution is -2.46. The molecule has 0 radical (unpaired) electrons. The fourth-order valence-corrected chi connectivity index (χ4v) is 3.16. The highest BCUT2D eigenvalue weighted by Crippen LogP contribution is 2.34. The van der Waals surface area contributed by atoms with E-state index in [1.165, 1.54) is 6.42 Å². The highest BCUT2D eigenvalue weighted by atomic mass is 16.5. The minimum absolute atomic E-state index is 0.0201. The molecule has 0 spiro atoms. The topological polar surface area (TPSA) is 58.6 Å². The lowest BCUT2D eigenvalue weighted by Gasteiger charge is -2.28. The van der Waals surface area contributed by atoms with Crippen molar-refractivity contribution in [1.29, 1.82) is 0 Å². The van der Waals surface area contributed by atoms with Gasteiger partial charge in [0.2, 0.25) is 11.8 Å². The average Bonchev–Trinajstić information content (AvgIpc) is 3.29. The van der Waals surface area contributed by atoms with Crippen molar-refractivity contribution in [2.75, 3.05) is 19.7 Å². The van der Waals surface area contributed by atoms with Crippen LogP contribution in [0.5, 0.6) is 0 Å². The van der Waals surface area contributed by atoms with Crippen molar-refractivity contribution in [3.05, 3.63) is 0 Å². The molecule has 2 aliphatic heterocycles. The van der Waals surface area contributed by atoms with Crippen LogP contribution in [0.2, 0.25) is 0 Å². The summed E-state index contributed by atoms with van der Waals surface area (Å²) in [4.78, 5) is 26.1. The summed E-state index contributed by atoms with van der Waals surface area (Å²) in [5.41, 5.74) is 0. The maximum absolute atomic E-state index is 12.5. The van der Waals surface area contributed by atoms with Crippen LogP contribution >= 0.6 is 0 Å². The van der Waals surface area contributed by atoms with Crippen molar-refractivity contribution in [2.45, 2.75) is 57.1 Å². The first kappa shape index (κ1) is 13.9. The molecule has 112 valence electrons. The van der Waals surface area contributed by atoms with Gasteiger partial charge in [0, 0.05) is 26.1 Å². The molecule has 2 saturated heterocycles. The van der Waals surface area contributed by atoms with E-state index >= 15 is 0 Å². The first-order chi connectivity index (χ1) is 9.74. The van der Waals surface area contributed by atoms with Crippen molar-refractivity contribution < 1.29 is 14.3 Å². The number of ether oxygens (including phenoxy) is 1. The second-order valence-corrected chi connectivity index (χ2v) is 6.24. The molecule has 5 heteroatoms. The van der Waals surface area contributed by atoms with E-state index < -0.39 is 0 Å². The lowest BCUT2D eigenvalue weighted by molar-refractivity contribution is -0.134. The fourth-order valence-electron chi connectivity index (χ4n) is 3.16. The van der Waals surface area contributed by atoms with E-state index in [4.69, 9.17) is 4.74 Å². The standard InChI is InChI=1S/C15H24N2O3/c18-13-7-9-17(8-6-12-3-1-2-10-20-12)15(19)14(16-13)11-4-5-11/h11-12,14H,1-10H2,(H,16,18). The zero-order valence-electron chi connectivity index (χ0n) is 12.0. The van der Waals surface area contributed by atoms with Crippen LogP contribution in [0.15, 0.2) is 0 Å². The molecule has 2 unspecified atom stereocenters. The van der Waals surface area contributed by atoms with Gasteiger partial charge >= 0.3 is 0 Å². The van der Waals surface area contributed by atoms with Gasteiger partial charge in [-0.3, -0.25) is 9.59 Å². The molecule has 3 aliphatic rings. The van der Waals surface area contributed by atoms with Gasteiger partial charge in [0.05, 0.1) is 6.10 Å². The van der Waals surface area contributed by atoms with Gasteiger partial charge in [-0.15, -0.1) is 0 Å². The van der Waals surface area contributed by atoms with E-state index in [1.54, 1.807) is 0 Å². The maximum Gasteiger partial charge on any atom is 0.245 e. The number of nitrogens with one attached hydrogen (secondary N) is 1. The molecule has 0 aromatic carbocycles. The molecule has 2 amide bonds. The Hall–Kier alpha value is -1.10. The van der Waals surface area contributed by atoms with Gasteiger partial charge in [-0.05, 0) is 44.4 Å². The Kier molecular flexibility index (Phi) is 4.24. The van der Waals surface area contributed by atoms with Gasteiger partial charge in [0.25, 0.3) is 0 Å². The summed E-state index contributed by atoms with van der Waals surface area (Å²) in [6.07, 6.45) is 7.24. The molecular formula is C15H24N2O3. The zero-order valence-corrected chi connectivity index (χ0v) is 12.0. The normalized spacial score (nSPS) is 31.9. The highest BCUT2D eigenvalue weighted by molar-refractivity contribution is 5.90. The number of nitrogens with zero attached hydrogens (tertiary/aromatic N) is 1. The van der Waals surface area contributed by atoms with Crippen LogP contribution in [0, 0.1) is 5.92 Å². The van der Waals surface area contributed by atoms with Crippen molar-refractivity contribution in [3.8, 4) is 0 Å². The largest absolute Gasteiger partial charge is 0.378 e. The number of amides is 2. The minimum Gasteiger partial charge on any atom is -0.378 e. The summed E-state index contributed by atoms with van der Waals surface area (Å²) in [5.74, 6) is 0.513. The molecule has 2 heterocycles. The summed E-state index contributed by atoms with van der Waals surface area (Å²) in [5, 5.41) is 2.90. The third-order valence-corrected chi connectivity index (χ3v) is 4.59. The van der Waals surface area contributed by atoms with E-state index in [0.29, 0.717) is 25.0 Å². The molecule has 5 nitrogen and oxygen atoms in total. The molecule has 20 heavy (non-hydrogen) atoms. The monoisotopic (exact) mass is 280 g/mol. The summed E-state index contributed by atoms with van der Waals surface area (Å²) >= 11 is 0. The molecule has 3 rings (SSSR count). The van der Waals surface area contributed by atoms with Gasteiger partial charge in [-0.1, -0.05) is 0 Å². The molecule has 1 saturated carbocycles. The summed E-state index contributed by atoms with van der Waals surface area (Å²) in [7, 11) is 0. The Morgan fingerprint density at radius 3 is 2.75 bits per heavy atom. The third-order valence-electron chi connectivity index (χ3n) is 4.59. The van der Waals surface area contributed by atoms with Gasteiger partial charge in [0.1, 0.15) is 6.04 Å². The van der Waals surface area contributed by atoms with Crippen molar-refractivity contribution in [1.82, 2.24) is 10.2 Å². The smallest absolute Gasteiger partial charge is 0.245 e. The van der Waals surface area contributed by atoms with Gasteiger partial charge in [-0.25, -0.2) is 0 Å². The van der Waals surface area contributed by atoms with Crippen LogP contribution in [0.4, 0.5) is 0 Å². The lowest BCUT2D eigenvalue weighted by atomic mass is 10.1. The molecule has 2 atom stereocenters. The van der Waals surface area contributed by atoms with Crippen molar-refractivity contribution in [3.63, 3.8) is 0 Å². The maximum atomic E-state index is 12.5. The van der Waals surface area contributed by atoms with E-state index in [9.17, 15) is 9.59 Å². The van der Waals surface area contributed by atoms with Crippen LogP contribution in [-0.4, -0.2) is 48.6 Å². The highest BCUT2D eigenvalue weighted by Gasteiger charge is 2.40.